The van der Waals surface area contributed by atoms with Gasteiger partial charge >= 0.3 is 0 Å². The molecule has 2 aromatic rings. The molecule has 1 aromatic heterocycles. The SMILES string of the molecule is CC(N)Cc1ccc(N(C)Cc2cccnc2)cc1Cl. The summed E-state index contributed by atoms with van der Waals surface area (Å²) in [7, 11) is 2.05. The van der Waals surface area contributed by atoms with Gasteiger partial charge in [-0.1, -0.05) is 23.7 Å². The third-order valence-corrected chi connectivity index (χ3v) is 3.51. The second-order valence-corrected chi connectivity index (χ2v) is 5.58. The van der Waals surface area contributed by atoms with Crippen LogP contribution >= 0.6 is 11.6 Å². The summed E-state index contributed by atoms with van der Waals surface area (Å²) in [5.74, 6) is 0. The van der Waals surface area contributed by atoms with Crippen molar-refractivity contribution >= 4 is 17.3 Å². The summed E-state index contributed by atoms with van der Waals surface area (Å²) in [6.07, 6.45) is 4.46. The summed E-state index contributed by atoms with van der Waals surface area (Å²) in [6, 6.07) is 10.3. The van der Waals surface area contributed by atoms with Crippen LogP contribution in [0, 0.1) is 0 Å². The van der Waals surface area contributed by atoms with Gasteiger partial charge < -0.3 is 10.6 Å². The van der Waals surface area contributed by atoms with Gasteiger partial charge in [-0.05, 0) is 42.7 Å². The van der Waals surface area contributed by atoms with E-state index in [0.717, 1.165) is 29.2 Å². The summed E-state index contributed by atoms with van der Waals surface area (Å²) in [4.78, 5) is 6.28. The lowest BCUT2D eigenvalue weighted by Crippen LogP contribution is -2.19. The van der Waals surface area contributed by atoms with Gasteiger partial charge in [0.25, 0.3) is 0 Å². The van der Waals surface area contributed by atoms with Crippen LogP contribution < -0.4 is 10.6 Å². The molecule has 1 atom stereocenters. The van der Waals surface area contributed by atoms with Crippen LogP contribution in [0.25, 0.3) is 0 Å². The zero-order chi connectivity index (χ0) is 14.5. The normalized spacial score (nSPS) is 12.2. The third-order valence-electron chi connectivity index (χ3n) is 3.16. The van der Waals surface area contributed by atoms with Crippen molar-refractivity contribution in [2.45, 2.75) is 25.9 Å². The van der Waals surface area contributed by atoms with E-state index in [4.69, 9.17) is 17.3 Å². The Morgan fingerprint density at radius 3 is 2.75 bits per heavy atom. The first-order valence-electron chi connectivity index (χ1n) is 6.70. The molecule has 106 valence electrons. The lowest BCUT2D eigenvalue weighted by atomic mass is 10.1. The predicted molar refractivity (Wildman–Crippen MR) is 85.1 cm³/mol. The van der Waals surface area contributed by atoms with Crippen molar-refractivity contribution in [3.05, 3.63) is 58.9 Å². The molecule has 0 spiro atoms. The fraction of sp³-hybridized carbons (Fsp3) is 0.312. The van der Waals surface area contributed by atoms with E-state index in [1.165, 1.54) is 5.56 Å². The first kappa shape index (κ1) is 14.8. The molecule has 0 aliphatic rings. The highest BCUT2D eigenvalue weighted by Crippen LogP contribution is 2.24. The fourth-order valence-electron chi connectivity index (χ4n) is 2.14. The van der Waals surface area contributed by atoms with Gasteiger partial charge in [0.15, 0.2) is 0 Å². The minimum atomic E-state index is 0.117. The Labute approximate surface area is 125 Å². The molecular formula is C16H20ClN3. The summed E-state index contributed by atoms with van der Waals surface area (Å²) in [6.45, 7) is 2.79. The van der Waals surface area contributed by atoms with E-state index in [9.17, 15) is 0 Å². The number of halogens is 1. The summed E-state index contributed by atoms with van der Waals surface area (Å²) in [5, 5.41) is 0.776. The minimum absolute atomic E-state index is 0.117. The quantitative estimate of drug-likeness (QED) is 0.919. The second-order valence-electron chi connectivity index (χ2n) is 5.17. The van der Waals surface area contributed by atoms with Gasteiger partial charge in [0, 0.05) is 42.7 Å². The number of anilines is 1. The van der Waals surface area contributed by atoms with E-state index < -0.39 is 0 Å². The Morgan fingerprint density at radius 2 is 2.15 bits per heavy atom. The van der Waals surface area contributed by atoms with Crippen LogP contribution in [-0.2, 0) is 13.0 Å². The summed E-state index contributed by atoms with van der Waals surface area (Å²) < 4.78 is 0. The van der Waals surface area contributed by atoms with Crippen molar-refractivity contribution in [3.8, 4) is 0 Å². The molecule has 1 heterocycles. The molecule has 1 aromatic carbocycles. The van der Waals surface area contributed by atoms with Crippen molar-refractivity contribution in [1.82, 2.24) is 4.98 Å². The van der Waals surface area contributed by atoms with E-state index in [1.54, 1.807) is 6.20 Å². The van der Waals surface area contributed by atoms with E-state index in [2.05, 4.69) is 28.1 Å². The molecule has 0 aliphatic heterocycles. The lowest BCUT2D eigenvalue weighted by molar-refractivity contribution is 0.738. The van der Waals surface area contributed by atoms with E-state index >= 15 is 0 Å². The molecule has 2 rings (SSSR count). The number of benzene rings is 1. The van der Waals surface area contributed by atoms with Crippen LogP contribution in [-0.4, -0.2) is 18.1 Å². The average Bonchev–Trinajstić information content (AvgIpc) is 2.41. The van der Waals surface area contributed by atoms with Crippen molar-refractivity contribution < 1.29 is 0 Å². The molecule has 0 saturated heterocycles. The Balaban J connectivity index is 2.11. The standard InChI is InChI=1S/C16H20ClN3/c1-12(18)8-14-5-6-15(9-16(14)17)20(2)11-13-4-3-7-19-10-13/h3-7,9-10,12H,8,11,18H2,1-2H3. The van der Waals surface area contributed by atoms with Gasteiger partial charge in [-0.2, -0.15) is 0 Å². The highest BCUT2D eigenvalue weighted by Gasteiger charge is 2.07. The molecule has 0 bridgehead atoms. The molecule has 2 N–H and O–H groups in total. The highest BCUT2D eigenvalue weighted by atomic mass is 35.5. The van der Waals surface area contributed by atoms with Crippen LogP contribution in [0.4, 0.5) is 5.69 Å². The lowest BCUT2D eigenvalue weighted by Gasteiger charge is -2.20. The maximum absolute atomic E-state index is 6.33. The van der Waals surface area contributed by atoms with Crippen molar-refractivity contribution in [2.24, 2.45) is 5.73 Å². The predicted octanol–water partition coefficient (Wildman–Crippen LogP) is 3.26. The molecule has 1 unspecified atom stereocenters. The van der Waals surface area contributed by atoms with Gasteiger partial charge in [-0.15, -0.1) is 0 Å². The Bertz CT molecular complexity index is 555. The number of hydrogen-bond donors (Lipinski definition) is 1. The van der Waals surface area contributed by atoms with Gasteiger partial charge in [0.1, 0.15) is 0 Å². The van der Waals surface area contributed by atoms with Crippen LogP contribution in [0.2, 0.25) is 5.02 Å². The minimum Gasteiger partial charge on any atom is -0.370 e. The smallest absolute Gasteiger partial charge is 0.0459 e. The van der Waals surface area contributed by atoms with Gasteiger partial charge in [0.2, 0.25) is 0 Å². The molecule has 20 heavy (non-hydrogen) atoms. The number of rotatable bonds is 5. The zero-order valence-electron chi connectivity index (χ0n) is 11.9. The summed E-state index contributed by atoms with van der Waals surface area (Å²) >= 11 is 6.33. The summed E-state index contributed by atoms with van der Waals surface area (Å²) in [5.41, 5.74) is 9.18. The average molecular weight is 290 g/mol. The topological polar surface area (TPSA) is 42.1 Å². The highest BCUT2D eigenvalue weighted by molar-refractivity contribution is 6.31. The Morgan fingerprint density at radius 1 is 1.35 bits per heavy atom. The Kier molecular flexibility index (Phi) is 4.99. The number of hydrogen-bond acceptors (Lipinski definition) is 3. The van der Waals surface area contributed by atoms with Gasteiger partial charge in [0.05, 0.1) is 0 Å². The maximum atomic E-state index is 6.33. The van der Waals surface area contributed by atoms with E-state index in [1.807, 2.05) is 32.3 Å². The monoisotopic (exact) mass is 289 g/mol. The molecule has 4 heteroatoms. The van der Waals surface area contributed by atoms with Crippen LogP contribution in [0.15, 0.2) is 42.7 Å². The van der Waals surface area contributed by atoms with Crippen LogP contribution in [0.1, 0.15) is 18.1 Å². The fourth-order valence-corrected chi connectivity index (χ4v) is 2.39. The number of pyridine rings is 1. The second kappa shape index (κ2) is 6.73. The first-order chi connectivity index (χ1) is 9.56. The van der Waals surface area contributed by atoms with Crippen molar-refractivity contribution in [1.29, 1.82) is 0 Å². The first-order valence-corrected chi connectivity index (χ1v) is 7.08. The molecule has 3 nitrogen and oxygen atoms in total. The van der Waals surface area contributed by atoms with Gasteiger partial charge in [-0.25, -0.2) is 0 Å². The van der Waals surface area contributed by atoms with Crippen molar-refractivity contribution in [2.75, 3.05) is 11.9 Å². The number of nitrogens with two attached hydrogens (primary N) is 1. The van der Waals surface area contributed by atoms with Crippen LogP contribution in [0.3, 0.4) is 0 Å². The molecule has 0 radical (unpaired) electrons. The molecule has 0 fully saturated rings. The number of nitrogens with zero attached hydrogens (tertiary/aromatic N) is 2. The maximum Gasteiger partial charge on any atom is 0.0459 e. The van der Waals surface area contributed by atoms with E-state index in [-0.39, 0.29) is 6.04 Å². The molecular weight excluding hydrogens is 270 g/mol. The third kappa shape index (κ3) is 3.95. The molecule has 0 amide bonds. The van der Waals surface area contributed by atoms with E-state index in [0.29, 0.717) is 0 Å². The molecule has 0 aliphatic carbocycles. The Hall–Kier alpha value is -1.58. The van der Waals surface area contributed by atoms with Crippen molar-refractivity contribution in [3.63, 3.8) is 0 Å². The van der Waals surface area contributed by atoms with Gasteiger partial charge in [-0.3, -0.25) is 4.98 Å². The largest absolute Gasteiger partial charge is 0.370 e. The molecule has 0 saturated carbocycles. The number of aromatic nitrogens is 1. The zero-order valence-corrected chi connectivity index (χ0v) is 12.6. The van der Waals surface area contributed by atoms with Crippen LogP contribution in [0.5, 0.6) is 0 Å².